The van der Waals surface area contributed by atoms with E-state index in [-0.39, 0.29) is 5.97 Å². The van der Waals surface area contributed by atoms with Crippen molar-refractivity contribution < 1.29 is 9.53 Å². The number of nitrogens with one attached hydrogen (secondary N) is 1. The highest BCUT2D eigenvalue weighted by Crippen LogP contribution is 2.49. The van der Waals surface area contributed by atoms with Gasteiger partial charge in [-0.05, 0) is 60.9 Å². The SMILES string of the molecule is COC(=O)c1ccc2c(C3CCCCC3)c3n(c2c1)C[C@@H]1CCN[C@@H]1c1ccccc1-3. The van der Waals surface area contributed by atoms with Gasteiger partial charge in [0.15, 0.2) is 0 Å². The summed E-state index contributed by atoms with van der Waals surface area (Å²) < 4.78 is 7.59. The Morgan fingerprint density at radius 3 is 2.74 bits per heavy atom. The third-order valence-electron chi connectivity index (χ3n) is 7.86. The predicted octanol–water partition coefficient (Wildman–Crippen LogP) is 5.81. The molecule has 0 unspecified atom stereocenters. The van der Waals surface area contributed by atoms with E-state index in [1.165, 1.54) is 78.9 Å². The van der Waals surface area contributed by atoms with Crippen molar-refractivity contribution in [1.82, 2.24) is 9.88 Å². The third kappa shape index (κ3) is 2.95. The Morgan fingerprint density at radius 2 is 1.90 bits per heavy atom. The van der Waals surface area contributed by atoms with Gasteiger partial charge in [-0.2, -0.15) is 0 Å². The minimum absolute atomic E-state index is 0.258. The predicted molar refractivity (Wildman–Crippen MR) is 123 cm³/mol. The maximum Gasteiger partial charge on any atom is 0.337 e. The number of benzene rings is 2. The molecule has 6 rings (SSSR count). The van der Waals surface area contributed by atoms with Gasteiger partial charge in [0.1, 0.15) is 0 Å². The van der Waals surface area contributed by atoms with Crippen molar-refractivity contribution in [3.63, 3.8) is 0 Å². The summed E-state index contributed by atoms with van der Waals surface area (Å²) in [5.74, 6) is 0.903. The van der Waals surface area contributed by atoms with Crippen LogP contribution in [-0.4, -0.2) is 24.2 Å². The summed E-state index contributed by atoms with van der Waals surface area (Å²) >= 11 is 0. The van der Waals surface area contributed by atoms with Gasteiger partial charge < -0.3 is 14.6 Å². The summed E-state index contributed by atoms with van der Waals surface area (Å²) in [5.41, 5.74) is 7.57. The maximum atomic E-state index is 12.3. The van der Waals surface area contributed by atoms with Crippen LogP contribution in [0.4, 0.5) is 0 Å². The van der Waals surface area contributed by atoms with E-state index < -0.39 is 0 Å². The highest BCUT2D eigenvalue weighted by Gasteiger charge is 2.37. The molecule has 3 aromatic rings. The van der Waals surface area contributed by atoms with Crippen molar-refractivity contribution in [3.8, 4) is 11.3 Å². The molecule has 0 bridgehead atoms. The number of hydrogen-bond acceptors (Lipinski definition) is 3. The molecule has 1 N–H and O–H groups in total. The molecular weight excluding hydrogens is 384 g/mol. The molecule has 0 amide bonds. The Labute approximate surface area is 183 Å². The molecule has 2 atom stereocenters. The summed E-state index contributed by atoms with van der Waals surface area (Å²) in [4.78, 5) is 12.3. The number of carbonyl (C=O) groups is 1. The minimum atomic E-state index is -0.258. The number of esters is 1. The highest BCUT2D eigenvalue weighted by atomic mass is 16.5. The zero-order valence-electron chi connectivity index (χ0n) is 18.2. The number of fused-ring (bicyclic) bond motifs is 7. The van der Waals surface area contributed by atoms with Crippen LogP contribution >= 0.6 is 0 Å². The number of carbonyl (C=O) groups excluding carboxylic acids is 1. The number of nitrogens with zero attached hydrogens (tertiary/aromatic N) is 1. The number of hydrogen-bond donors (Lipinski definition) is 1. The molecule has 3 aliphatic rings. The van der Waals surface area contributed by atoms with Crippen LogP contribution < -0.4 is 5.32 Å². The summed E-state index contributed by atoms with van der Waals surface area (Å²) in [5, 5.41) is 5.11. The van der Waals surface area contributed by atoms with Crippen LogP contribution in [0.15, 0.2) is 42.5 Å². The van der Waals surface area contributed by atoms with Crippen LogP contribution in [0.3, 0.4) is 0 Å². The molecule has 1 saturated carbocycles. The second kappa shape index (κ2) is 7.52. The van der Waals surface area contributed by atoms with Crippen LogP contribution in [0, 0.1) is 5.92 Å². The fourth-order valence-electron chi connectivity index (χ4n) is 6.44. The Kier molecular flexibility index (Phi) is 4.64. The highest BCUT2D eigenvalue weighted by molar-refractivity contribution is 5.99. The largest absolute Gasteiger partial charge is 0.465 e. The van der Waals surface area contributed by atoms with Gasteiger partial charge in [-0.25, -0.2) is 4.79 Å². The van der Waals surface area contributed by atoms with E-state index in [4.69, 9.17) is 4.74 Å². The van der Waals surface area contributed by atoms with Crippen LogP contribution in [-0.2, 0) is 11.3 Å². The van der Waals surface area contributed by atoms with Gasteiger partial charge in [-0.3, -0.25) is 0 Å². The van der Waals surface area contributed by atoms with Gasteiger partial charge in [0.2, 0.25) is 0 Å². The minimum Gasteiger partial charge on any atom is -0.465 e. The molecule has 0 radical (unpaired) electrons. The zero-order valence-corrected chi connectivity index (χ0v) is 18.2. The number of rotatable bonds is 2. The molecule has 2 fully saturated rings. The summed E-state index contributed by atoms with van der Waals surface area (Å²) in [6.45, 7) is 2.07. The molecular formula is C27H30N2O2. The van der Waals surface area contributed by atoms with E-state index in [0.717, 1.165) is 13.1 Å². The van der Waals surface area contributed by atoms with Crippen molar-refractivity contribution in [2.45, 2.75) is 57.0 Å². The fraction of sp³-hybridized carbons (Fsp3) is 0.444. The normalized spacial score (nSPS) is 23.1. The second-order valence-electron chi connectivity index (χ2n) is 9.50. The lowest BCUT2D eigenvalue weighted by Gasteiger charge is -2.24. The van der Waals surface area contributed by atoms with Crippen molar-refractivity contribution in [2.24, 2.45) is 5.92 Å². The lowest BCUT2D eigenvalue weighted by atomic mass is 9.81. The second-order valence-corrected chi connectivity index (χ2v) is 9.50. The Bertz CT molecular complexity index is 1160. The van der Waals surface area contributed by atoms with E-state index in [9.17, 15) is 4.79 Å². The third-order valence-corrected chi connectivity index (χ3v) is 7.86. The van der Waals surface area contributed by atoms with Crippen molar-refractivity contribution >= 4 is 16.9 Å². The standard InChI is InChI=1S/C27H30N2O2/c1-31-27(30)18-11-12-22-23(15-18)29-16-19-13-14-28-25(19)20-9-5-6-10-21(20)26(29)24(22)17-7-3-2-4-8-17/h5-6,9-12,15,17,19,25,28H,2-4,7-8,13-14,16H2,1H3/t19-,25-/m0/s1. The van der Waals surface area contributed by atoms with Gasteiger partial charge in [0, 0.05) is 29.1 Å². The molecule has 3 heterocycles. The van der Waals surface area contributed by atoms with Crippen molar-refractivity contribution in [1.29, 1.82) is 0 Å². The first-order chi connectivity index (χ1) is 15.3. The topological polar surface area (TPSA) is 43.3 Å². The molecule has 4 heteroatoms. The first-order valence-electron chi connectivity index (χ1n) is 11.8. The van der Waals surface area contributed by atoms with Crippen LogP contribution in [0.1, 0.15) is 72.0 Å². The van der Waals surface area contributed by atoms with Gasteiger partial charge in [0.05, 0.1) is 18.4 Å². The number of ether oxygens (including phenoxy) is 1. The average molecular weight is 415 g/mol. The van der Waals surface area contributed by atoms with Gasteiger partial charge >= 0.3 is 5.97 Å². The Morgan fingerprint density at radius 1 is 1.06 bits per heavy atom. The van der Waals surface area contributed by atoms with Crippen LogP contribution in [0.2, 0.25) is 0 Å². The monoisotopic (exact) mass is 414 g/mol. The van der Waals surface area contributed by atoms with E-state index in [1.54, 1.807) is 0 Å². The first-order valence-corrected chi connectivity index (χ1v) is 11.8. The summed E-state index contributed by atoms with van der Waals surface area (Å²) in [6, 6.07) is 15.6. The molecule has 0 spiro atoms. The Hall–Kier alpha value is -2.59. The summed E-state index contributed by atoms with van der Waals surface area (Å²) in [7, 11) is 1.46. The van der Waals surface area contributed by atoms with Gasteiger partial charge in [-0.15, -0.1) is 0 Å². The molecule has 2 aromatic carbocycles. The number of aromatic nitrogens is 1. The van der Waals surface area contributed by atoms with Gasteiger partial charge in [0.25, 0.3) is 0 Å². The summed E-state index contributed by atoms with van der Waals surface area (Å²) in [6.07, 6.45) is 7.68. The molecule has 1 aliphatic carbocycles. The quantitative estimate of drug-likeness (QED) is 0.539. The smallest absolute Gasteiger partial charge is 0.337 e. The maximum absolute atomic E-state index is 12.3. The van der Waals surface area contributed by atoms with Crippen LogP contribution in [0.5, 0.6) is 0 Å². The average Bonchev–Trinajstić information content (AvgIpc) is 3.38. The molecule has 31 heavy (non-hydrogen) atoms. The van der Waals surface area contributed by atoms with Gasteiger partial charge in [-0.1, -0.05) is 49.6 Å². The van der Waals surface area contributed by atoms with Crippen LogP contribution in [0.25, 0.3) is 22.2 Å². The molecule has 1 aromatic heterocycles. The lowest BCUT2D eigenvalue weighted by molar-refractivity contribution is 0.0601. The van der Waals surface area contributed by atoms with E-state index >= 15 is 0 Å². The fourth-order valence-corrected chi connectivity index (χ4v) is 6.44. The molecule has 2 aliphatic heterocycles. The zero-order chi connectivity index (χ0) is 20.9. The van der Waals surface area contributed by atoms with Crippen molar-refractivity contribution in [2.75, 3.05) is 13.7 Å². The number of methoxy groups -OCH3 is 1. The molecule has 1 saturated heterocycles. The lowest BCUT2D eigenvalue weighted by Crippen LogP contribution is -2.19. The van der Waals surface area contributed by atoms with E-state index in [0.29, 0.717) is 23.4 Å². The van der Waals surface area contributed by atoms with E-state index in [1.807, 2.05) is 6.07 Å². The van der Waals surface area contributed by atoms with Crippen molar-refractivity contribution in [3.05, 3.63) is 59.2 Å². The van der Waals surface area contributed by atoms with E-state index in [2.05, 4.69) is 46.3 Å². The molecule has 4 nitrogen and oxygen atoms in total. The first kappa shape index (κ1) is 19.1. The molecule has 160 valence electrons. The Balaban J connectivity index is 1.66.